The first-order chi connectivity index (χ1) is 12.8. The lowest BCUT2D eigenvalue weighted by Crippen LogP contribution is -2.15. The average molecular weight is 365 g/mol. The number of hydrogen-bond acceptors (Lipinski definition) is 5. The Balaban J connectivity index is 1.83. The van der Waals surface area contributed by atoms with E-state index in [-0.39, 0.29) is 17.1 Å². The second kappa shape index (κ2) is 7.23. The molecule has 27 heavy (non-hydrogen) atoms. The summed E-state index contributed by atoms with van der Waals surface area (Å²) in [7, 11) is 1.61. The van der Waals surface area contributed by atoms with Gasteiger partial charge in [-0.25, -0.2) is 4.63 Å². The molecule has 0 aliphatic heterocycles. The molecule has 0 aliphatic carbocycles. The van der Waals surface area contributed by atoms with E-state index >= 15 is 0 Å². The predicted molar refractivity (Wildman–Crippen MR) is 104 cm³/mol. The van der Waals surface area contributed by atoms with Crippen LogP contribution in [0.1, 0.15) is 42.3 Å². The molecular formula is C21H23N3O3. The molecule has 1 N–H and O–H groups in total. The second-order valence-electron chi connectivity index (χ2n) is 7.42. The number of amides is 1. The Morgan fingerprint density at radius 1 is 1.07 bits per heavy atom. The Morgan fingerprint density at radius 2 is 1.78 bits per heavy atom. The van der Waals surface area contributed by atoms with Crippen molar-refractivity contribution >= 4 is 11.7 Å². The first kappa shape index (κ1) is 18.6. The lowest BCUT2D eigenvalue weighted by molar-refractivity contribution is 0.102. The third kappa shape index (κ3) is 4.00. The van der Waals surface area contributed by atoms with E-state index in [0.29, 0.717) is 11.3 Å². The number of aromatic nitrogens is 2. The Labute approximate surface area is 158 Å². The molecule has 140 valence electrons. The van der Waals surface area contributed by atoms with Crippen molar-refractivity contribution in [1.82, 2.24) is 10.3 Å². The topological polar surface area (TPSA) is 77.2 Å². The summed E-state index contributed by atoms with van der Waals surface area (Å²) in [5.74, 6) is 0.768. The van der Waals surface area contributed by atoms with Crippen molar-refractivity contribution in [2.24, 2.45) is 0 Å². The van der Waals surface area contributed by atoms with Gasteiger partial charge in [-0.2, -0.15) is 0 Å². The number of rotatable bonds is 4. The summed E-state index contributed by atoms with van der Waals surface area (Å²) >= 11 is 0. The molecule has 0 unspecified atom stereocenters. The summed E-state index contributed by atoms with van der Waals surface area (Å²) < 4.78 is 10.1. The molecular weight excluding hydrogens is 342 g/mol. The van der Waals surface area contributed by atoms with Gasteiger partial charge in [0.15, 0.2) is 5.69 Å². The van der Waals surface area contributed by atoms with Crippen molar-refractivity contribution in [3.8, 4) is 17.0 Å². The molecule has 3 rings (SSSR count). The first-order valence-corrected chi connectivity index (χ1v) is 8.69. The molecule has 0 fully saturated rings. The van der Waals surface area contributed by atoms with Crippen molar-refractivity contribution < 1.29 is 14.2 Å². The number of methoxy groups -OCH3 is 1. The van der Waals surface area contributed by atoms with Crippen LogP contribution in [0.4, 0.5) is 5.82 Å². The van der Waals surface area contributed by atoms with E-state index in [9.17, 15) is 4.79 Å². The molecule has 0 radical (unpaired) electrons. The molecule has 6 nitrogen and oxygen atoms in total. The van der Waals surface area contributed by atoms with Gasteiger partial charge in [0.2, 0.25) is 5.82 Å². The van der Waals surface area contributed by atoms with Crippen molar-refractivity contribution in [1.29, 1.82) is 0 Å². The normalized spacial score (nSPS) is 11.3. The van der Waals surface area contributed by atoms with Crippen molar-refractivity contribution in [2.75, 3.05) is 12.4 Å². The summed E-state index contributed by atoms with van der Waals surface area (Å²) in [6.07, 6.45) is 0. The third-order valence-electron chi connectivity index (χ3n) is 4.42. The molecule has 2 aromatic carbocycles. The standard InChI is InChI=1S/C21H23N3O3/c1-13-12-16(26-5)10-11-17(13)18-19(24-27-23-18)22-20(25)14-6-8-15(9-7-14)21(2,3)4/h6-12H,1-5H3,(H,22,24,25). The van der Waals surface area contributed by atoms with Crippen LogP contribution in [0.2, 0.25) is 0 Å². The largest absolute Gasteiger partial charge is 0.497 e. The smallest absolute Gasteiger partial charge is 0.256 e. The fraction of sp³-hybridized carbons (Fsp3) is 0.286. The summed E-state index contributed by atoms with van der Waals surface area (Å²) in [5, 5.41) is 10.6. The maximum absolute atomic E-state index is 12.6. The molecule has 3 aromatic rings. The number of nitrogens with one attached hydrogen (secondary N) is 1. The number of ether oxygens (including phenoxy) is 1. The van der Waals surface area contributed by atoms with Crippen LogP contribution < -0.4 is 10.1 Å². The van der Waals surface area contributed by atoms with E-state index in [1.165, 1.54) is 0 Å². The van der Waals surface area contributed by atoms with Gasteiger partial charge in [-0.1, -0.05) is 32.9 Å². The number of carbonyl (C=O) groups is 1. The van der Waals surface area contributed by atoms with E-state index in [2.05, 4.69) is 36.4 Å². The van der Waals surface area contributed by atoms with Crippen LogP contribution in [0.25, 0.3) is 11.3 Å². The lowest BCUT2D eigenvalue weighted by Gasteiger charge is -2.19. The fourth-order valence-electron chi connectivity index (χ4n) is 2.78. The van der Waals surface area contributed by atoms with Gasteiger partial charge in [-0.05, 0) is 64.1 Å². The lowest BCUT2D eigenvalue weighted by atomic mass is 9.87. The summed E-state index contributed by atoms with van der Waals surface area (Å²) in [6.45, 7) is 8.33. The summed E-state index contributed by atoms with van der Waals surface area (Å²) in [6, 6.07) is 13.1. The monoisotopic (exact) mass is 365 g/mol. The second-order valence-corrected chi connectivity index (χ2v) is 7.42. The molecule has 1 aromatic heterocycles. The van der Waals surface area contributed by atoms with Gasteiger partial charge >= 0.3 is 0 Å². The van der Waals surface area contributed by atoms with Crippen LogP contribution in [-0.2, 0) is 5.41 Å². The highest BCUT2D eigenvalue weighted by Gasteiger charge is 2.19. The Kier molecular flexibility index (Phi) is 4.99. The molecule has 0 aliphatic rings. The predicted octanol–water partition coefficient (Wildman–Crippen LogP) is 4.60. The number of anilines is 1. The molecule has 1 amide bonds. The highest BCUT2D eigenvalue weighted by Crippen LogP contribution is 2.30. The number of nitrogens with zero attached hydrogens (tertiary/aromatic N) is 2. The van der Waals surface area contributed by atoms with Crippen molar-refractivity contribution in [2.45, 2.75) is 33.1 Å². The van der Waals surface area contributed by atoms with Crippen LogP contribution in [0.3, 0.4) is 0 Å². The van der Waals surface area contributed by atoms with Gasteiger partial charge in [0, 0.05) is 11.1 Å². The third-order valence-corrected chi connectivity index (χ3v) is 4.42. The van der Waals surface area contributed by atoms with Crippen LogP contribution >= 0.6 is 0 Å². The van der Waals surface area contributed by atoms with Crippen molar-refractivity contribution in [3.05, 3.63) is 59.2 Å². The molecule has 0 bridgehead atoms. The number of carbonyl (C=O) groups excluding carboxylic acids is 1. The zero-order chi connectivity index (χ0) is 19.6. The average Bonchev–Trinajstić information content (AvgIpc) is 3.08. The summed E-state index contributed by atoms with van der Waals surface area (Å²) in [5.41, 5.74) is 3.98. The van der Waals surface area contributed by atoms with Crippen LogP contribution in [0.15, 0.2) is 47.1 Å². The first-order valence-electron chi connectivity index (χ1n) is 8.69. The molecule has 1 heterocycles. The highest BCUT2D eigenvalue weighted by atomic mass is 16.6. The number of hydrogen-bond donors (Lipinski definition) is 1. The Bertz CT molecular complexity index is 954. The molecule has 0 saturated carbocycles. The van der Waals surface area contributed by atoms with Gasteiger partial charge < -0.3 is 10.1 Å². The highest BCUT2D eigenvalue weighted by molar-refractivity contribution is 6.05. The van der Waals surface area contributed by atoms with Gasteiger partial charge in [0.1, 0.15) is 5.75 Å². The molecule has 0 spiro atoms. The fourth-order valence-corrected chi connectivity index (χ4v) is 2.78. The van der Waals surface area contributed by atoms with Gasteiger partial charge in [0.25, 0.3) is 5.91 Å². The molecule has 6 heteroatoms. The maximum atomic E-state index is 12.6. The van der Waals surface area contributed by atoms with Crippen molar-refractivity contribution in [3.63, 3.8) is 0 Å². The Hall–Kier alpha value is -3.15. The van der Waals surface area contributed by atoms with Crippen LogP contribution in [0, 0.1) is 6.92 Å². The van der Waals surface area contributed by atoms with Gasteiger partial charge in [0.05, 0.1) is 7.11 Å². The van der Waals surface area contributed by atoms with E-state index in [1.54, 1.807) is 7.11 Å². The van der Waals surface area contributed by atoms with E-state index < -0.39 is 0 Å². The SMILES string of the molecule is COc1ccc(-c2nonc2NC(=O)c2ccc(C(C)(C)C)cc2)c(C)c1. The Morgan fingerprint density at radius 3 is 2.37 bits per heavy atom. The van der Waals surface area contributed by atoms with Gasteiger partial charge in [-0.15, -0.1) is 0 Å². The van der Waals surface area contributed by atoms with Gasteiger partial charge in [-0.3, -0.25) is 4.79 Å². The molecule has 0 saturated heterocycles. The van der Waals surface area contributed by atoms with E-state index in [4.69, 9.17) is 9.37 Å². The van der Waals surface area contributed by atoms with Crippen LogP contribution in [0.5, 0.6) is 5.75 Å². The van der Waals surface area contributed by atoms with E-state index in [0.717, 1.165) is 22.4 Å². The minimum Gasteiger partial charge on any atom is -0.497 e. The number of aryl methyl sites for hydroxylation is 1. The van der Waals surface area contributed by atoms with Crippen LogP contribution in [-0.4, -0.2) is 23.3 Å². The minimum absolute atomic E-state index is 0.0318. The van der Waals surface area contributed by atoms with E-state index in [1.807, 2.05) is 49.4 Å². The quantitative estimate of drug-likeness (QED) is 0.731. The zero-order valence-corrected chi connectivity index (χ0v) is 16.2. The zero-order valence-electron chi connectivity index (χ0n) is 16.2. The number of benzene rings is 2. The minimum atomic E-state index is -0.265. The summed E-state index contributed by atoms with van der Waals surface area (Å²) in [4.78, 5) is 12.6. The maximum Gasteiger partial charge on any atom is 0.256 e. The molecule has 0 atom stereocenters.